The Balaban J connectivity index is 2.95. The van der Waals surface area contributed by atoms with Crippen LogP contribution in [0.5, 0.6) is 5.75 Å². The van der Waals surface area contributed by atoms with E-state index in [1.165, 1.54) is 0 Å². The maximum atomic E-state index is 5.70. The van der Waals surface area contributed by atoms with E-state index >= 15 is 0 Å². The highest BCUT2D eigenvalue weighted by Gasteiger charge is 2.23. The van der Waals surface area contributed by atoms with Gasteiger partial charge in [0.15, 0.2) is 5.75 Å². The topological polar surface area (TPSA) is 77.6 Å². The summed E-state index contributed by atoms with van der Waals surface area (Å²) in [6.45, 7) is 3.69. The van der Waals surface area contributed by atoms with E-state index in [2.05, 4.69) is 15.4 Å². The van der Waals surface area contributed by atoms with Gasteiger partial charge in [0, 0.05) is 13.7 Å². The van der Waals surface area contributed by atoms with Gasteiger partial charge < -0.3 is 14.4 Å². The molecule has 7 heteroatoms. The van der Waals surface area contributed by atoms with Crippen molar-refractivity contribution in [2.24, 2.45) is 5.84 Å². The minimum Gasteiger partial charge on any atom is -0.493 e. The second kappa shape index (κ2) is 8.21. The third-order valence-electron chi connectivity index (χ3n) is 3.33. The first-order valence-corrected chi connectivity index (χ1v) is 6.76. The van der Waals surface area contributed by atoms with Crippen LogP contribution < -0.4 is 16.0 Å². The van der Waals surface area contributed by atoms with E-state index in [1.807, 2.05) is 25.7 Å². The number of hydrogen-bond donors (Lipinski definition) is 2. The molecule has 0 bridgehead atoms. The van der Waals surface area contributed by atoms with Gasteiger partial charge in [0.2, 0.25) is 0 Å². The lowest BCUT2D eigenvalue weighted by atomic mass is 10.1. The highest BCUT2D eigenvalue weighted by Crippen LogP contribution is 2.28. The Morgan fingerprint density at radius 3 is 2.65 bits per heavy atom. The summed E-state index contributed by atoms with van der Waals surface area (Å²) in [5.41, 5.74) is 3.80. The smallest absolute Gasteiger partial charge is 0.161 e. The fourth-order valence-electron chi connectivity index (χ4n) is 2.05. The Labute approximate surface area is 121 Å². The molecule has 0 aliphatic heterocycles. The van der Waals surface area contributed by atoms with Crippen molar-refractivity contribution in [1.82, 2.24) is 20.1 Å². The normalized spacial score (nSPS) is 14.6. The SMILES string of the molecule is COc1cnn(CCN(C)C)c1C(CC(C)OC)NN. The molecule has 116 valence electrons. The van der Waals surface area contributed by atoms with E-state index in [9.17, 15) is 0 Å². The molecule has 7 nitrogen and oxygen atoms in total. The largest absolute Gasteiger partial charge is 0.493 e. The van der Waals surface area contributed by atoms with Crippen LogP contribution in [0.1, 0.15) is 25.1 Å². The first-order valence-electron chi connectivity index (χ1n) is 6.76. The number of hydrogen-bond acceptors (Lipinski definition) is 6. The first-order chi connectivity index (χ1) is 9.53. The second-order valence-corrected chi connectivity index (χ2v) is 5.13. The number of methoxy groups -OCH3 is 2. The number of nitrogens with two attached hydrogens (primary N) is 1. The van der Waals surface area contributed by atoms with Gasteiger partial charge in [-0.25, -0.2) is 0 Å². The van der Waals surface area contributed by atoms with Crippen LogP contribution in [0.4, 0.5) is 0 Å². The maximum absolute atomic E-state index is 5.70. The van der Waals surface area contributed by atoms with E-state index in [0.29, 0.717) is 0 Å². The predicted molar refractivity (Wildman–Crippen MR) is 78.5 cm³/mol. The molecular formula is C13H27N5O2. The van der Waals surface area contributed by atoms with Gasteiger partial charge in [0.1, 0.15) is 0 Å². The molecule has 0 radical (unpaired) electrons. The molecule has 1 rings (SSSR count). The van der Waals surface area contributed by atoms with Crippen molar-refractivity contribution in [2.75, 3.05) is 34.9 Å². The van der Waals surface area contributed by atoms with Gasteiger partial charge in [0.05, 0.1) is 37.7 Å². The minimum absolute atomic E-state index is 0.0652. The van der Waals surface area contributed by atoms with Crippen molar-refractivity contribution in [1.29, 1.82) is 0 Å². The molecule has 0 spiro atoms. The fraction of sp³-hybridized carbons (Fsp3) is 0.769. The molecule has 20 heavy (non-hydrogen) atoms. The Kier molecular flexibility index (Phi) is 6.94. The van der Waals surface area contributed by atoms with Crippen molar-refractivity contribution in [3.8, 4) is 5.75 Å². The standard InChI is InChI=1S/C13H27N5O2/c1-10(19-4)8-11(16-14)13-12(20-5)9-15-18(13)7-6-17(2)3/h9-11,16H,6-8,14H2,1-5H3. The molecule has 0 saturated heterocycles. The summed E-state index contributed by atoms with van der Waals surface area (Å²) in [7, 11) is 7.40. The monoisotopic (exact) mass is 285 g/mol. The number of rotatable bonds is 9. The van der Waals surface area contributed by atoms with Gasteiger partial charge in [0.25, 0.3) is 0 Å². The zero-order valence-corrected chi connectivity index (χ0v) is 13.1. The Bertz CT molecular complexity index is 394. The zero-order chi connectivity index (χ0) is 15.1. The van der Waals surface area contributed by atoms with Crippen molar-refractivity contribution in [3.05, 3.63) is 11.9 Å². The van der Waals surface area contributed by atoms with Gasteiger partial charge >= 0.3 is 0 Å². The second-order valence-electron chi connectivity index (χ2n) is 5.13. The third kappa shape index (κ3) is 4.45. The van der Waals surface area contributed by atoms with Crippen molar-refractivity contribution < 1.29 is 9.47 Å². The van der Waals surface area contributed by atoms with Crippen LogP contribution in [-0.2, 0) is 11.3 Å². The molecule has 0 aliphatic carbocycles. The highest BCUT2D eigenvalue weighted by atomic mass is 16.5. The highest BCUT2D eigenvalue weighted by molar-refractivity contribution is 5.28. The molecular weight excluding hydrogens is 258 g/mol. The Morgan fingerprint density at radius 1 is 1.45 bits per heavy atom. The van der Waals surface area contributed by atoms with Crippen LogP contribution in [0.2, 0.25) is 0 Å². The molecule has 2 atom stereocenters. The molecule has 2 unspecified atom stereocenters. The Morgan fingerprint density at radius 2 is 2.15 bits per heavy atom. The lowest BCUT2D eigenvalue weighted by molar-refractivity contribution is 0.0988. The van der Waals surface area contributed by atoms with Gasteiger partial charge in [-0.1, -0.05) is 0 Å². The average molecular weight is 285 g/mol. The molecule has 0 aromatic carbocycles. The summed E-state index contributed by atoms with van der Waals surface area (Å²) in [6, 6.07) is -0.0652. The fourth-order valence-corrected chi connectivity index (χ4v) is 2.05. The van der Waals surface area contributed by atoms with E-state index < -0.39 is 0 Å². The summed E-state index contributed by atoms with van der Waals surface area (Å²) in [5, 5.41) is 4.39. The molecule has 0 aliphatic rings. The average Bonchev–Trinajstić information content (AvgIpc) is 2.84. The van der Waals surface area contributed by atoms with Crippen LogP contribution in [0.25, 0.3) is 0 Å². The minimum atomic E-state index is -0.0652. The molecule has 0 amide bonds. The van der Waals surface area contributed by atoms with Crippen LogP contribution >= 0.6 is 0 Å². The van der Waals surface area contributed by atoms with E-state index in [4.69, 9.17) is 15.3 Å². The molecule has 1 aromatic rings. The molecule has 1 heterocycles. The summed E-state index contributed by atoms with van der Waals surface area (Å²) >= 11 is 0. The van der Waals surface area contributed by atoms with Crippen molar-refractivity contribution in [2.45, 2.75) is 32.0 Å². The predicted octanol–water partition coefficient (Wildman–Crippen LogP) is 0.383. The van der Waals surface area contributed by atoms with E-state index in [-0.39, 0.29) is 12.1 Å². The quantitative estimate of drug-likeness (QED) is 0.504. The summed E-state index contributed by atoms with van der Waals surface area (Å²) in [4.78, 5) is 2.11. The van der Waals surface area contributed by atoms with Gasteiger partial charge in [-0.05, 0) is 27.4 Å². The lowest BCUT2D eigenvalue weighted by Crippen LogP contribution is -2.33. The molecule has 0 fully saturated rings. The summed E-state index contributed by atoms with van der Waals surface area (Å²) in [6.07, 6.45) is 2.57. The number of nitrogens with one attached hydrogen (secondary N) is 1. The molecule has 1 aromatic heterocycles. The van der Waals surface area contributed by atoms with Crippen molar-refractivity contribution >= 4 is 0 Å². The van der Waals surface area contributed by atoms with Crippen molar-refractivity contribution in [3.63, 3.8) is 0 Å². The summed E-state index contributed by atoms with van der Waals surface area (Å²) in [5.74, 6) is 6.45. The first kappa shape index (κ1) is 16.9. The number of likely N-dealkylation sites (N-methyl/N-ethyl adjacent to an activating group) is 1. The lowest BCUT2D eigenvalue weighted by Gasteiger charge is -2.22. The number of hydrazine groups is 1. The van der Waals surface area contributed by atoms with Crippen LogP contribution in [-0.4, -0.2) is 55.6 Å². The van der Waals surface area contributed by atoms with Crippen LogP contribution in [0, 0.1) is 0 Å². The summed E-state index contributed by atoms with van der Waals surface area (Å²) < 4.78 is 12.7. The van der Waals surface area contributed by atoms with Gasteiger partial charge in [-0.3, -0.25) is 16.0 Å². The van der Waals surface area contributed by atoms with Crippen LogP contribution in [0.15, 0.2) is 6.20 Å². The third-order valence-corrected chi connectivity index (χ3v) is 3.33. The molecule has 3 N–H and O–H groups in total. The zero-order valence-electron chi connectivity index (χ0n) is 13.1. The van der Waals surface area contributed by atoms with E-state index in [1.54, 1.807) is 20.4 Å². The Hall–Kier alpha value is -1.15. The maximum Gasteiger partial charge on any atom is 0.161 e. The molecule has 0 saturated carbocycles. The number of ether oxygens (including phenoxy) is 2. The van der Waals surface area contributed by atoms with Gasteiger partial charge in [-0.2, -0.15) is 5.10 Å². The number of aromatic nitrogens is 2. The number of nitrogens with zero attached hydrogens (tertiary/aromatic N) is 3. The van der Waals surface area contributed by atoms with Gasteiger partial charge in [-0.15, -0.1) is 0 Å². The van der Waals surface area contributed by atoms with E-state index in [0.717, 1.165) is 31.0 Å². The van der Waals surface area contributed by atoms with Crippen LogP contribution in [0.3, 0.4) is 0 Å².